The van der Waals surface area contributed by atoms with Crippen LogP contribution in [0.15, 0.2) is 47.6 Å². The molecule has 3 nitrogen and oxygen atoms in total. The summed E-state index contributed by atoms with van der Waals surface area (Å²) in [7, 11) is 0. The molecule has 24 heavy (non-hydrogen) atoms. The molecular weight excluding hydrogens is 296 g/mol. The molecule has 0 fully saturated rings. The quantitative estimate of drug-likeness (QED) is 0.364. The molecule has 0 unspecified atom stereocenters. The number of ether oxygens (including phenoxy) is 1. The molecule has 128 valence electrons. The summed E-state index contributed by atoms with van der Waals surface area (Å²) in [5, 5.41) is 4.35. The predicted molar refractivity (Wildman–Crippen MR) is 103 cm³/mol. The molecule has 1 N–H and O–H groups in total. The maximum absolute atomic E-state index is 5.90. The molecule has 0 saturated carbocycles. The van der Waals surface area contributed by atoms with Crippen LogP contribution in [0.25, 0.3) is 0 Å². The maximum Gasteiger partial charge on any atom is 0.128 e. The van der Waals surface area contributed by atoms with Crippen molar-refractivity contribution in [2.75, 3.05) is 12.0 Å². The first-order valence-corrected chi connectivity index (χ1v) is 8.79. The number of para-hydroxylation sites is 1. The third-order valence-corrected chi connectivity index (χ3v) is 4.08. The number of benzene rings is 2. The number of rotatable bonds is 9. The fraction of sp³-hybridized carbons (Fsp3) is 0.381. The van der Waals surface area contributed by atoms with E-state index in [4.69, 9.17) is 4.74 Å². The second-order valence-corrected chi connectivity index (χ2v) is 6.12. The van der Waals surface area contributed by atoms with Gasteiger partial charge in [-0.05, 0) is 55.7 Å². The Bertz CT molecular complexity index is 665. The summed E-state index contributed by atoms with van der Waals surface area (Å²) < 4.78 is 5.90. The second kappa shape index (κ2) is 9.76. The SMILES string of the molecule is CCCCCCOc1ccccc1C=NNc1ccc(C)c(C)c1. The first-order valence-electron chi connectivity index (χ1n) is 8.79. The number of anilines is 1. The van der Waals surface area contributed by atoms with Crippen molar-refractivity contribution in [2.24, 2.45) is 5.10 Å². The summed E-state index contributed by atoms with van der Waals surface area (Å²) >= 11 is 0. The van der Waals surface area contributed by atoms with Gasteiger partial charge in [-0.1, -0.05) is 44.4 Å². The Hall–Kier alpha value is -2.29. The smallest absolute Gasteiger partial charge is 0.128 e. The standard InChI is InChI=1S/C21H28N2O/c1-4-5-6-9-14-24-21-11-8-7-10-19(21)16-22-23-20-13-12-17(2)18(3)15-20/h7-8,10-13,15-16,23H,4-6,9,14H2,1-3H3. The van der Waals surface area contributed by atoms with Crippen molar-refractivity contribution >= 4 is 11.9 Å². The molecule has 0 heterocycles. The van der Waals surface area contributed by atoms with Gasteiger partial charge in [0.25, 0.3) is 0 Å². The van der Waals surface area contributed by atoms with E-state index in [-0.39, 0.29) is 0 Å². The lowest BCUT2D eigenvalue weighted by Gasteiger charge is -2.09. The van der Waals surface area contributed by atoms with Gasteiger partial charge in [-0.25, -0.2) is 0 Å². The summed E-state index contributed by atoms with van der Waals surface area (Å²) in [6.07, 6.45) is 6.65. The van der Waals surface area contributed by atoms with E-state index < -0.39 is 0 Å². The van der Waals surface area contributed by atoms with Crippen molar-refractivity contribution in [1.29, 1.82) is 0 Å². The molecule has 0 aliphatic rings. The van der Waals surface area contributed by atoms with Gasteiger partial charge >= 0.3 is 0 Å². The van der Waals surface area contributed by atoms with E-state index in [0.717, 1.165) is 30.0 Å². The number of nitrogens with one attached hydrogen (secondary N) is 1. The topological polar surface area (TPSA) is 33.6 Å². The number of unbranched alkanes of at least 4 members (excludes halogenated alkanes) is 3. The number of nitrogens with zero attached hydrogens (tertiary/aromatic N) is 1. The minimum atomic E-state index is 0.759. The number of hydrogen-bond acceptors (Lipinski definition) is 3. The molecule has 0 aliphatic carbocycles. The minimum Gasteiger partial charge on any atom is -0.493 e. The first kappa shape index (κ1) is 18.1. The summed E-state index contributed by atoms with van der Waals surface area (Å²) in [6.45, 7) is 7.19. The third kappa shape index (κ3) is 5.73. The largest absolute Gasteiger partial charge is 0.493 e. The van der Waals surface area contributed by atoms with Gasteiger partial charge < -0.3 is 4.74 Å². The van der Waals surface area contributed by atoms with Gasteiger partial charge in [0.1, 0.15) is 5.75 Å². The maximum atomic E-state index is 5.90. The Balaban J connectivity index is 1.92. The lowest BCUT2D eigenvalue weighted by Crippen LogP contribution is -2.00. The lowest BCUT2D eigenvalue weighted by atomic mass is 10.1. The normalized spacial score (nSPS) is 11.0. The Morgan fingerprint density at radius 3 is 2.62 bits per heavy atom. The van der Waals surface area contributed by atoms with E-state index in [9.17, 15) is 0 Å². The zero-order chi connectivity index (χ0) is 17.2. The van der Waals surface area contributed by atoms with E-state index in [1.807, 2.05) is 36.5 Å². The average molecular weight is 324 g/mol. The van der Waals surface area contributed by atoms with Crippen molar-refractivity contribution < 1.29 is 4.74 Å². The van der Waals surface area contributed by atoms with Crippen LogP contribution in [-0.2, 0) is 0 Å². The molecule has 2 aromatic rings. The van der Waals surface area contributed by atoms with Gasteiger partial charge in [-0.15, -0.1) is 0 Å². The molecule has 0 spiro atoms. The molecule has 0 amide bonds. The summed E-state index contributed by atoms with van der Waals surface area (Å²) in [6, 6.07) is 14.3. The second-order valence-electron chi connectivity index (χ2n) is 6.12. The number of aryl methyl sites for hydroxylation is 2. The molecule has 0 saturated heterocycles. The minimum absolute atomic E-state index is 0.759. The van der Waals surface area contributed by atoms with Crippen LogP contribution in [-0.4, -0.2) is 12.8 Å². The highest BCUT2D eigenvalue weighted by molar-refractivity contribution is 5.84. The predicted octanol–water partition coefficient (Wildman–Crippen LogP) is 5.71. The Morgan fingerprint density at radius 2 is 1.83 bits per heavy atom. The molecule has 0 atom stereocenters. The van der Waals surface area contributed by atoms with Gasteiger partial charge in [0.15, 0.2) is 0 Å². The van der Waals surface area contributed by atoms with Crippen molar-refractivity contribution in [3.63, 3.8) is 0 Å². The molecular formula is C21H28N2O. The zero-order valence-corrected chi connectivity index (χ0v) is 15.0. The molecule has 0 bridgehead atoms. The van der Waals surface area contributed by atoms with Crippen LogP contribution in [0.4, 0.5) is 5.69 Å². The molecule has 0 radical (unpaired) electrons. The highest BCUT2D eigenvalue weighted by Crippen LogP contribution is 2.17. The highest BCUT2D eigenvalue weighted by Gasteiger charge is 2.00. The molecule has 2 rings (SSSR count). The van der Waals surface area contributed by atoms with Gasteiger partial charge in [0.2, 0.25) is 0 Å². The monoisotopic (exact) mass is 324 g/mol. The van der Waals surface area contributed by atoms with E-state index in [0.29, 0.717) is 0 Å². The average Bonchev–Trinajstić information content (AvgIpc) is 2.59. The van der Waals surface area contributed by atoms with Crippen LogP contribution in [0.1, 0.15) is 49.3 Å². The fourth-order valence-electron chi connectivity index (χ4n) is 2.42. The van der Waals surface area contributed by atoms with Crippen LogP contribution >= 0.6 is 0 Å². The first-order chi connectivity index (χ1) is 11.7. The van der Waals surface area contributed by atoms with Crippen molar-refractivity contribution in [3.05, 3.63) is 59.2 Å². The van der Waals surface area contributed by atoms with Gasteiger partial charge in [-0.3, -0.25) is 5.43 Å². The molecule has 0 aliphatic heterocycles. The Labute approximate surface area is 145 Å². The molecule has 0 aromatic heterocycles. The summed E-state index contributed by atoms with van der Waals surface area (Å²) in [4.78, 5) is 0. The van der Waals surface area contributed by atoms with Crippen LogP contribution < -0.4 is 10.2 Å². The summed E-state index contributed by atoms with van der Waals surface area (Å²) in [5.74, 6) is 0.889. The van der Waals surface area contributed by atoms with Gasteiger partial charge in [-0.2, -0.15) is 5.10 Å². The van der Waals surface area contributed by atoms with Gasteiger partial charge in [0, 0.05) is 5.56 Å². The highest BCUT2D eigenvalue weighted by atomic mass is 16.5. The van der Waals surface area contributed by atoms with E-state index in [1.165, 1.54) is 30.4 Å². The van der Waals surface area contributed by atoms with Crippen molar-refractivity contribution in [2.45, 2.75) is 46.5 Å². The van der Waals surface area contributed by atoms with Crippen molar-refractivity contribution in [1.82, 2.24) is 0 Å². The number of hydrazone groups is 1. The zero-order valence-electron chi connectivity index (χ0n) is 15.0. The van der Waals surface area contributed by atoms with Crippen LogP contribution in [0.5, 0.6) is 5.75 Å². The third-order valence-electron chi connectivity index (χ3n) is 4.08. The van der Waals surface area contributed by atoms with Crippen LogP contribution in [0, 0.1) is 13.8 Å². The van der Waals surface area contributed by atoms with E-state index in [2.05, 4.69) is 43.4 Å². The molecule has 2 aromatic carbocycles. The van der Waals surface area contributed by atoms with Crippen molar-refractivity contribution in [3.8, 4) is 5.75 Å². The Kier molecular flexibility index (Phi) is 7.34. The van der Waals surface area contributed by atoms with Crippen LogP contribution in [0.2, 0.25) is 0 Å². The molecule has 3 heteroatoms. The fourth-order valence-corrected chi connectivity index (χ4v) is 2.42. The summed E-state index contributed by atoms with van der Waals surface area (Å²) in [5.41, 5.74) is 7.61. The number of hydrogen-bond donors (Lipinski definition) is 1. The van der Waals surface area contributed by atoms with E-state index in [1.54, 1.807) is 0 Å². The van der Waals surface area contributed by atoms with Gasteiger partial charge in [0.05, 0.1) is 18.5 Å². The Morgan fingerprint density at radius 1 is 1.00 bits per heavy atom. The lowest BCUT2D eigenvalue weighted by molar-refractivity contribution is 0.304. The van der Waals surface area contributed by atoms with E-state index >= 15 is 0 Å². The van der Waals surface area contributed by atoms with Crippen LogP contribution in [0.3, 0.4) is 0 Å².